The Morgan fingerprint density at radius 2 is 2.10 bits per heavy atom. The van der Waals surface area contributed by atoms with Gasteiger partial charge in [-0.2, -0.15) is 5.10 Å². The molecule has 2 aliphatic rings. The molecule has 0 saturated heterocycles. The number of nitrogens with zero attached hydrogens (tertiary/aromatic N) is 3. The second kappa shape index (κ2) is 6.18. The van der Waals surface area contributed by atoms with Gasteiger partial charge in [0, 0.05) is 36.7 Å². The fraction of sp³-hybridized carbons (Fsp3) is 0.750. The topological polar surface area (TPSA) is 47.4 Å². The van der Waals surface area contributed by atoms with Gasteiger partial charge < -0.3 is 9.64 Å². The van der Waals surface area contributed by atoms with E-state index in [2.05, 4.69) is 11.9 Å². The SMILES string of the molecule is COC(=O)Cn1nc(C2CCCCC2)c2c1CCN(C)C2. The summed E-state index contributed by atoms with van der Waals surface area (Å²) in [6.45, 7) is 2.24. The maximum absolute atomic E-state index is 11.6. The highest BCUT2D eigenvalue weighted by Gasteiger charge is 2.29. The predicted octanol–water partition coefficient (Wildman–Crippen LogP) is 2.09. The predicted molar refractivity (Wildman–Crippen MR) is 80.1 cm³/mol. The monoisotopic (exact) mass is 291 g/mol. The number of carbonyl (C=O) groups excluding carboxylic acids is 1. The van der Waals surface area contributed by atoms with E-state index in [4.69, 9.17) is 9.84 Å². The van der Waals surface area contributed by atoms with Crippen molar-refractivity contribution in [2.24, 2.45) is 0 Å². The molecule has 2 heterocycles. The molecule has 1 aromatic heterocycles. The summed E-state index contributed by atoms with van der Waals surface area (Å²) in [5.41, 5.74) is 3.87. The third-order valence-corrected chi connectivity index (χ3v) is 4.85. The minimum Gasteiger partial charge on any atom is -0.468 e. The second-order valence-corrected chi connectivity index (χ2v) is 6.37. The number of aromatic nitrogens is 2. The number of methoxy groups -OCH3 is 1. The molecule has 0 bridgehead atoms. The molecule has 0 spiro atoms. The van der Waals surface area contributed by atoms with Crippen LogP contribution in [0.3, 0.4) is 0 Å². The number of hydrogen-bond donors (Lipinski definition) is 0. The minimum atomic E-state index is -0.213. The van der Waals surface area contributed by atoms with Gasteiger partial charge in [-0.25, -0.2) is 0 Å². The quantitative estimate of drug-likeness (QED) is 0.800. The summed E-state index contributed by atoms with van der Waals surface area (Å²) in [7, 11) is 3.60. The Hall–Kier alpha value is -1.36. The largest absolute Gasteiger partial charge is 0.468 e. The molecular weight excluding hydrogens is 266 g/mol. The van der Waals surface area contributed by atoms with Gasteiger partial charge in [-0.1, -0.05) is 19.3 Å². The number of likely N-dealkylation sites (N-methyl/N-ethyl adjacent to an activating group) is 1. The molecule has 1 aliphatic heterocycles. The van der Waals surface area contributed by atoms with Gasteiger partial charge in [-0.3, -0.25) is 9.48 Å². The third kappa shape index (κ3) is 2.98. The number of ether oxygens (including phenoxy) is 1. The van der Waals surface area contributed by atoms with Gasteiger partial charge >= 0.3 is 5.97 Å². The number of carbonyl (C=O) groups is 1. The summed E-state index contributed by atoms with van der Waals surface area (Å²) in [5.74, 6) is 0.368. The summed E-state index contributed by atoms with van der Waals surface area (Å²) in [6.07, 6.45) is 7.42. The maximum atomic E-state index is 11.6. The minimum absolute atomic E-state index is 0.213. The molecule has 21 heavy (non-hydrogen) atoms. The molecule has 0 unspecified atom stereocenters. The van der Waals surface area contributed by atoms with Crippen LogP contribution >= 0.6 is 0 Å². The van der Waals surface area contributed by atoms with Crippen LogP contribution in [-0.2, 0) is 29.0 Å². The Morgan fingerprint density at radius 1 is 1.33 bits per heavy atom. The molecule has 1 aliphatic carbocycles. The number of esters is 1. The van der Waals surface area contributed by atoms with E-state index in [1.165, 1.54) is 56.2 Å². The van der Waals surface area contributed by atoms with E-state index in [9.17, 15) is 4.79 Å². The van der Waals surface area contributed by atoms with Gasteiger partial charge in [0.1, 0.15) is 6.54 Å². The van der Waals surface area contributed by atoms with Crippen LogP contribution in [0.4, 0.5) is 0 Å². The first-order valence-corrected chi connectivity index (χ1v) is 8.03. The highest BCUT2D eigenvalue weighted by atomic mass is 16.5. The maximum Gasteiger partial charge on any atom is 0.327 e. The van der Waals surface area contributed by atoms with Crippen molar-refractivity contribution < 1.29 is 9.53 Å². The van der Waals surface area contributed by atoms with Crippen molar-refractivity contribution >= 4 is 5.97 Å². The van der Waals surface area contributed by atoms with Crippen LogP contribution in [0.1, 0.15) is 55.0 Å². The van der Waals surface area contributed by atoms with Crippen LogP contribution < -0.4 is 0 Å². The molecule has 1 saturated carbocycles. The summed E-state index contributed by atoms with van der Waals surface area (Å²) in [6, 6.07) is 0. The zero-order valence-corrected chi connectivity index (χ0v) is 13.1. The third-order valence-electron chi connectivity index (χ3n) is 4.85. The van der Waals surface area contributed by atoms with Gasteiger partial charge in [0.2, 0.25) is 0 Å². The number of hydrogen-bond acceptors (Lipinski definition) is 4. The summed E-state index contributed by atoms with van der Waals surface area (Å²) in [5, 5.41) is 4.83. The van der Waals surface area contributed by atoms with E-state index in [1.807, 2.05) is 4.68 Å². The first kappa shape index (κ1) is 14.6. The lowest BCUT2D eigenvalue weighted by Gasteiger charge is -2.26. The molecule has 5 nitrogen and oxygen atoms in total. The van der Waals surface area contributed by atoms with E-state index in [1.54, 1.807) is 0 Å². The van der Waals surface area contributed by atoms with Crippen LogP contribution in [-0.4, -0.2) is 41.4 Å². The van der Waals surface area contributed by atoms with Gasteiger partial charge in [0.25, 0.3) is 0 Å². The molecule has 3 rings (SSSR count). The lowest BCUT2D eigenvalue weighted by Crippen LogP contribution is -2.28. The summed E-state index contributed by atoms with van der Waals surface area (Å²) in [4.78, 5) is 14.0. The first-order chi connectivity index (χ1) is 10.2. The van der Waals surface area contributed by atoms with E-state index in [0.29, 0.717) is 5.92 Å². The van der Waals surface area contributed by atoms with E-state index >= 15 is 0 Å². The molecule has 0 atom stereocenters. The van der Waals surface area contributed by atoms with Crippen LogP contribution in [0.5, 0.6) is 0 Å². The highest BCUT2D eigenvalue weighted by molar-refractivity contribution is 5.69. The summed E-state index contributed by atoms with van der Waals surface area (Å²) < 4.78 is 6.71. The molecule has 1 fully saturated rings. The molecular formula is C16H25N3O2. The van der Waals surface area contributed by atoms with Crippen molar-refractivity contribution in [1.82, 2.24) is 14.7 Å². The molecule has 0 aromatic carbocycles. The Bertz CT molecular complexity index is 518. The van der Waals surface area contributed by atoms with Crippen molar-refractivity contribution in [2.75, 3.05) is 20.7 Å². The van der Waals surface area contributed by atoms with Crippen LogP contribution in [0, 0.1) is 0 Å². The lowest BCUT2D eigenvalue weighted by molar-refractivity contribution is -0.141. The molecule has 0 radical (unpaired) electrons. The molecule has 0 amide bonds. The highest BCUT2D eigenvalue weighted by Crippen LogP contribution is 2.36. The molecule has 116 valence electrons. The van der Waals surface area contributed by atoms with Gasteiger partial charge in [0.15, 0.2) is 0 Å². The Labute approximate surface area is 126 Å². The van der Waals surface area contributed by atoms with Crippen LogP contribution in [0.25, 0.3) is 0 Å². The molecule has 1 aromatic rings. The van der Waals surface area contributed by atoms with E-state index in [-0.39, 0.29) is 12.5 Å². The van der Waals surface area contributed by atoms with Crippen molar-refractivity contribution in [1.29, 1.82) is 0 Å². The standard InChI is InChI=1S/C16H25N3O2/c1-18-9-8-14-13(10-18)16(12-6-4-3-5-7-12)17-19(14)11-15(20)21-2/h12H,3-11H2,1-2H3. The average Bonchev–Trinajstić information content (AvgIpc) is 2.86. The fourth-order valence-electron chi connectivity index (χ4n) is 3.67. The molecule has 5 heteroatoms. The smallest absolute Gasteiger partial charge is 0.327 e. The zero-order valence-electron chi connectivity index (χ0n) is 13.1. The van der Waals surface area contributed by atoms with Gasteiger partial charge in [-0.05, 0) is 19.9 Å². The van der Waals surface area contributed by atoms with Crippen molar-refractivity contribution in [3.63, 3.8) is 0 Å². The molecule has 0 N–H and O–H groups in total. The normalized spacial score (nSPS) is 20.3. The van der Waals surface area contributed by atoms with E-state index < -0.39 is 0 Å². The van der Waals surface area contributed by atoms with Crippen molar-refractivity contribution in [3.05, 3.63) is 17.0 Å². The zero-order chi connectivity index (χ0) is 14.8. The lowest BCUT2D eigenvalue weighted by atomic mass is 9.84. The van der Waals surface area contributed by atoms with Crippen LogP contribution in [0.2, 0.25) is 0 Å². The Morgan fingerprint density at radius 3 is 2.81 bits per heavy atom. The number of rotatable bonds is 3. The van der Waals surface area contributed by atoms with Crippen molar-refractivity contribution in [2.45, 2.75) is 57.5 Å². The Balaban J connectivity index is 1.93. The second-order valence-electron chi connectivity index (χ2n) is 6.37. The van der Waals surface area contributed by atoms with Gasteiger partial charge in [-0.15, -0.1) is 0 Å². The number of fused-ring (bicyclic) bond motifs is 1. The van der Waals surface area contributed by atoms with E-state index in [0.717, 1.165) is 19.5 Å². The van der Waals surface area contributed by atoms with Crippen molar-refractivity contribution in [3.8, 4) is 0 Å². The first-order valence-electron chi connectivity index (χ1n) is 8.03. The summed E-state index contributed by atoms with van der Waals surface area (Å²) >= 11 is 0. The van der Waals surface area contributed by atoms with Gasteiger partial charge in [0.05, 0.1) is 12.8 Å². The Kier molecular flexibility index (Phi) is 4.29. The van der Waals surface area contributed by atoms with Crippen LogP contribution in [0.15, 0.2) is 0 Å². The fourth-order valence-corrected chi connectivity index (χ4v) is 3.67. The average molecular weight is 291 g/mol.